The molecule has 2 rings (SSSR count). The summed E-state index contributed by atoms with van der Waals surface area (Å²) in [6, 6.07) is 14.4. The van der Waals surface area contributed by atoms with Crippen LogP contribution in [0.3, 0.4) is 0 Å². The van der Waals surface area contributed by atoms with Crippen LogP contribution in [0, 0.1) is 0 Å². The fourth-order valence-corrected chi connectivity index (χ4v) is 3.06. The number of hydrogen-bond acceptors (Lipinski definition) is 1. The lowest BCUT2D eigenvalue weighted by molar-refractivity contribution is 0.104. The van der Waals surface area contributed by atoms with Gasteiger partial charge in [0, 0.05) is 5.56 Å². The first kappa shape index (κ1) is 19.2. The average molecular weight is 335 g/mol. The third-order valence-electron chi connectivity index (χ3n) is 4.61. The number of carbonyl (C=O) groups excluding carboxylic acids is 1. The van der Waals surface area contributed by atoms with Crippen molar-refractivity contribution in [2.24, 2.45) is 0 Å². The van der Waals surface area contributed by atoms with Gasteiger partial charge >= 0.3 is 0 Å². The van der Waals surface area contributed by atoms with Gasteiger partial charge in [-0.1, -0.05) is 90.1 Å². The van der Waals surface area contributed by atoms with Gasteiger partial charge in [-0.3, -0.25) is 4.79 Å². The second-order valence-corrected chi connectivity index (χ2v) is 7.65. The van der Waals surface area contributed by atoms with E-state index >= 15 is 0 Å². The van der Waals surface area contributed by atoms with Crippen LogP contribution in [0.5, 0.6) is 0 Å². The van der Waals surface area contributed by atoms with Gasteiger partial charge in [0.15, 0.2) is 5.78 Å². The normalized spacial score (nSPS) is 11.9. The van der Waals surface area contributed by atoms with Gasteiger partial charge in [0.05, 0.1) is 0 Å². The second kappa shape index (κ2) is 8.29. The Morgan fingerprint density at radius 2 is 1.32 bits per heavy atom. The Balaban J connectivity index is 2.54. The number of ketones is 1. The largest absolute Gasteiger partial charge is 0.289 e. The van der Waals surface area contributed by atoms with Crippen LogP contribution in [0.1, 0.15) is 91.9 Å². The molecular weight excluding hydrogens is 304 g/mol. The molecule has 2 aromatic carbocycles. The van der Waals surface area contributed by atoms with Gasteiger partial charge in [0.25, 0.3) is 0 Å². The van der Waals surface area contributed by atoms with Crippen LogP contribution in [-0.2, 0) is 0 Å². The molecule has 132 valence electrons. The Morgan fingerprint density at radius 1 is 0.800 bits per heavy atom. The first-order valence-electron chi connectivity index (χ1n) is 9.26. The molecule has 0 bridgehead atoms. The molecule has 0 saturated carbocycles. The Morgan fingerprint density at radius 3 is 1.76 bits per heavy atom. The van der Waals surface area contributed by atoms with E-state index in [1.807, 2.05) is 36.4 Å². The number of benzene rings is 2. The van der Waals surface area contributed by atoms with Gasteiger partial charge in [-0.2, -0.15) is 0 Å². The van der Waals surface area contributed by atoms with Crippen LogP contribution < -0.4 is 0 Å². The number of allylic oxidation sites excluding steroid dienone is 1. The van der Waals surface area contributed by atoms with Crippen LogP contribution in [0.2, 0.25) is 0 Å². The molecular formula is C24H30O. The molecule has 0 saturated heterocycles. The Labute approximate surface area is 152 Å². The van der Waals surface area contributed by atoms with Crippen molar-refractivity contribution in [3.63, 3.8) is 0 Å². The van der Waals surface area contributed by atoms with Gasteiger partial charge in [-0.15, -0.1) is 0 Å². The molecule has 0 N–H and O–H groups in total. The zero-order valence-corrected chi connectivity index (χ0v) is 16.3. The monoisotopic (exact) mass is 334 g/mol. The van der Waals surface area contributed by atoms with Crippen LogP contribution in [-0.4, -0.2) is 5.78 Å². The molecule has 25 heavy (non-hydrogen) atoms. The molecule has 0 atom stereocenters. The summed E-state index contributed by atoms with van der Waals surface area (Å²) >= 11 is 0. The summed E-state index contributed by atoms with van der Waals surface area (Å²) in [6.45, 7) is 13.1. The van der Waals surface area contributed by atoms with E-state index in [0.717, 1.165) is 22.3 Å². The summed E-state index contributed by atoms with van der Waals surface area (Å²) in [5.41, 5.74) is 5.58. The van der Waals surface area contributed by atoms with Crippen molar-refractivity contribution in [3.8, 4) is 0 Å². The van der Waals surface area contributed by atoms with E-state index in [0.29, 0.717) is 17.8 Å². The summed E-state index contributed by atoms with van der Waals surface area (Å²) in [6.07, 6.45) is 3.63. The van der Waals surface area contributed by atoms with Crippen molar-refractivity contribution in [3.05, 3.63) is 76.4 Å². The van der Waals surface area contributed by atoms with Gasteiger partial charge < -0.3 is 0 Å². The molecule has 0 aromatic heterocycles. The molecule has 1 heteroatoms. The van der Waals surface area contributed by atoms with Gasteiger partial charge in [-0.05, 0) is 46.1 Å². The van der Waals surface area contributed by atoms with Crippen LogP contribution in [0.15, 0.2) is 48.5 Å². The molecule has 0 spiro atoms. The molecule has 0 unspecified atom stereocenters. The van der Waals surface area contributed by atoms with Gasteiger partial charge in [0.2, 0.25) is 0 Å². The minimum atomic E-state index is 0.103. The van der Waals surface area contributed by atoms with E-state index < -0.39 is 0 Å². The molecule has 1 nitrogen and oxygen atoms in total. The topological polar surface area (TPSA) is 17.1 Å². The highest BCUT2D eigenvalue weighted by atomic mass is 16.1. The van der Waals surface area contributed by atoms with Crippen molar-refractivity contribution >= 4 is 11.9 Å². The van der Waals surface area contributed by atoms with E-state index in [1.54, 1.807) is 6.08 Å². The molecule has 0 aliphatic rings. The number of hydrogen-bond donors (Lipinski definition) is 0. The molecule has 0 aliphatic heterocycles. The zero-order valence-electron chi connectivity index (χ0n) is 16.3. The van der Waals surface area contributed by atoms with Crippen molar-refractivity contribution in [1.29, 1.82) is 0 Å². The standard InChI is InChI=1S/C24H30O/c1-16(2)20-14-21(17(3)4)24(22(15-20)18(5)6)23(25)13-12-19-10-8-7-9-11-19/h7-18H,1-6H3. The summed E-state index contributed by atoms with van der Waals surface area (Å²) in [5, 5.41) is 0. The minimum absolute atomic E-state index is 0.103. The van der Waals surface area contributed by atoms with Crippen molar-refractivity contribution < 1.29 is 4.79 Å². The van der Waals surface area contributed by atoms with Crippen LogP contribution >= 0.6 is 0 Å². The van der Waals surface area contributed by atoms with E-state index in [1.165, 1.54) is 5.56 Å². The third-order valence-corrected chi connectivity index (χ3v) is 4.61. The molecule has 0 radical (unpaired) electrons. The smallest absolute Gasteiger partial charge is 0.186 e. The Hall–Kier alpha value is -2.15. The van der Waals surface area contributed by atoms with E-state index in [2.05, 4.69) is 53.7 Å². The molecule has 2 aromatic rings. The minimum Gasteiger partial charge on any atom is -0.289 e. The quantitative estimate of drug-likeness (QED) is 0.412. The fraction of sp³-hybridized carbons (Fsp3) is 0.375. The van der Waals surface area contributed by atoms with E-state index in [4.69, 9.17) is 0 Å². The summed E-state index contributed by atoms with van der Waals surface area (Å²) < 4.78 is 0. The van der Waals surface area contributed by atoms with Gasteiger partial charge in [0.1, 0.15) is 0 Å². The number of carbonyl (C=O) groups is 1. The molecule has 0 fully saturated rings. The SMILES string of the molecule is CC(C)c1cc(C(C)C)c(C(=O)C=Cc2ccccc2)c(C(C)C)c1. The maximum Gasteiger partial charge on any atom is 0.186 e. The fourth-order valence-electron chi connectivity index (χ4n) is 3.06. The van der Waals surface area contributed by atoms with E-state index in [-0.39, 0.29) is 5.78 Å². The Bertz CT molecular complexity index is 720. The lowest BCUT2D eigenvalue weighted by Gasteiger charge is -2.21. The van der Waals surface area contributed by atoms with Crippen molar-refractivity contribution in [2.45, 2.75) is 59.3 Å². The summed E-state index contributed by atoms with van der Waals surface area (Å²) in [5.74, 6) is 1.20. The van der Waals surface area contributed by atoms with Gasteiger partial charge in [-0.25, -0.2) is 0 Å². The second-order valence-electron chi connectivity index (χ2n) is 7.65. The summed E-state index contributed by atoms with van der Waals surface area (Å²) in [7, 11) is 0. The zero-order chi connectivity index (χ0) is 18.6. The van der Waals surface area contributed by atoms with Crippen molar-refractivity contribution in [1.82, 2.24) is 0 Å². The lowest BCUT2D eigenvalue weighted by Crippen LogP contribution is -2.10. The average Bonchev–Trinajstić information content (AvgIpc) is 2.59. The Kier molecular flexibility index (Phi) is 6.36. The lowest BCUT2D eigenvalue weighted by atomic mass is 9.83. The predicted molar refractivity (Wildman–Crippen MR) is 109 cm³/mol. The molecule has 0 amide bonds. The van der Waals surface area contributed by atoms with E-state index in [9.17, 15) is 4.79 Å². The first-order valence-corrected chi connectivity index (χ1v) is 9.26. The van der Waals surface area contributed by atoms with Crippen molar-refractivity contribution in [2.75, 3.05) is 0 Å². The highest BCUT2D eigenvalue weighted by Gasteiger charge is 2.20. The maximum absolute atomic E-state index is 13.1. The van der Waals surface area contributed by atoms with Crippen LogP contribution in [0.25, 0.3) is 6.08 Å². The summed E-state index contributed by atoms with van der Waals surface area (Å²) in [4.78, 5) is 13.1. The maximum atomic E-state index is 13.1. The highest BCUT2D eigenvalue weighted by Crippen LogP contribution is 2.32. The first-order chi connectivity index (χ1) is 11.8. The predicted octanol–water partition coefficient (Wildman–Crippen LogP) is 6.95. The molecule has 0 heterocycles. The highest BCUT2D eigenvalue weighted by molar-refractivity contribution is 6.09. The van der Waals surface area contributed by atoms with Crippen LogP contribution in [0.4, 0.5) is 0 Å². The number of rotatable bonds is 6. The third kappa shape index (κ3) is 4.69. The molecule has 0 aliphatic carbocycles.